The Morgan fingerprint density at radius 3 is 2.00 bits per heavy atom. The first-order valence-corrected chi connectivity index (χ1v) is 17.7. The molecule has 1 aliphatic rings. The number of aryl methyl sites for hydroxylation is 1. The summed E-state index contributed by atoms with van der Waals surface area (Å²) in [5, 5.41) is 45.0. The summed E-state index contributed by atoms with van der Waals surface area (Å²) in [6, 6.07) is 18.0. The minimum absolute atomic E-state index is 0. The number of unbranched alkanes of at least 4 members (excludes halogenated alkanes) is 1. The van der Waals surface area contributed by atoms with Crippen molar-refractivity contribution >= 4 is 29.9 Å². The summed E-state index contributed by atoms with van der Waals surface area (Å²) < 4.78 is 0. The number of benzene rings is 1. The molecule has 293 valence electrons. The first kappa shape index (κ1) is 45.4. The molecular formula is C38H47N6O9Re-3. The van der Waals surface area contributed by atoms with Crippen LogP contribution in [0.2, 0.25) is 0 Å². The minimum atomic E-state index is -2.08. The van der Waals surface area contributed by atoms with Gasteiger partial charge in [0.15, 0.2) is 0 Å². The van der Waals surface area contributed by atoms with Crippen molar-refractivity contribution < 1.29 is 64.8 Å². The van der Waals surface area contributed by atoms with Crippen molar-refractivity contribution in [1.82, 2.24) is 30.4 Å². The summed E-state index contributed by atoms with van der Waals surface area (Å²) >= 11 is 0. The molecule has 1 saturated heterocycles. The van der Waals surface area contributed by atoms with E-state index < -0.39 is 42.1 Å². The Labute approximate surface area is 328 Å². The van der Waals surface area contributed by atoms with Crippen LogP contribution in [0.4, 0.5) is 4.79 Å². The molecule has 0 aliphatic carbocycles. The molecule has 0 saturated carbocycles. The maximum atomic E-state index is 13.5. The summed E-state index contributed by atoms with van der Waals surface area (Å²) in [6.45, 7) is 2.63. The van der Waals surface area contributed by atoms with Crippen molar-refractivity contribution in [2.24, 2.45) is 0 Å². The summed E-state index contributed by atoms with van der Waals surface area (Å²) in [5.74, 6) is -3.17. The van der Waals surface area contributed by atoms with Gasteiger partial charge in [0, 0.05) is 71.5 Å². The molecule has 2 aromatic heterocycles. The maximum Gasteiger partial charge on any atom is 0.249 e. The molecule has 0 unspecified atom stereocenters. The van der Waals surface area contributed by atoms with Crippen molar-refractivity contribution in [1.29, 1.82) is 0 Å². The number of carboxylic acid groups (broad SMARTS) is 4. The Morgan fingerprint density at radius 2 is 1.44 bits per heavy atom. The molecule has 0 bridgehead atoms. The van der Waals surface area contributed by atoms with Crippen LogP contribution in [0.5, 0.6) is 0 Å². The quantitative estimate of drug-likeness (QED) is 0.119. The largest absolute Gasteiger partial charge is 0.565 e. The molecule has 15 nitrogen and oxygen atoms in total. The van der Waals surface area contributed by atoms with Crippen LogP contribution in [0.3, 0.4) is 0 Å². The molecule has 2 amide bonds. The van der Waals surface area contributed by atoms with Crippen molar-refractivity contribution in [3.05, 3.63) is 96.1 Å². The third-order valence-electron chi connectivity index (χ3n) is 8.70. The van der Waals surface area contributed by atoms with Gasteiger partial charge in [-0.25, -0.2) is 0 Å². The van der Waals surface area contributed by atoms with Crippen LogP contribution in [0.25, 0.3) is 0 Å². The Morgan fingerprint density at radius 1 is 0.833 bits per heavy atom. The number of carbonyl (C=O) groups excluding carboxylic acids is 4. The molecular weight excluding hydrogens is 870 g/mol. The van der Waals surface area contributed by atoms with Crippen LogP contribution in [0.1, 0.15) is 68.3 Å². The molecule has 3 atom stereocenters. The number of nitrogens with one attached hydrogen (secondary N) is 2. The molecule has 0 spiro atoms. The fourth-order valence-corrected chi connectivity index (χ4v) is 6.13. The van der Waals surface area contributed by atoms with Crippen molar-refractivity contribution in [3.63, 3.8) is 0 Å². The zero-order valence-corrected chi connectivity index (χ0v) is 32.7. The third kappa shape index (κ3) is 17.4. The Kier molecular flexibility index (Phi) is 21.3. The summed E-state index contributed by atoms with van der Waals surface area (Å²) in [7, 11) is 0. The van der Waals surface area contributed by atoms with E-state index in [0.29, 0.717) is 71.1 Å². The van der Waals surface area contributed by atoms with Gasteiger partial charge in [-0.3, -0.25) is 29.8 Å². The molecule has 54 heavy (non-hydrogen) atoms. The Hall–Kier alpha value is -4.75. The molecule has 1 radical (unpaired) electrons. The number of carbonyl (C=O) groups is 5. The fraction of sp³-hybridized carbons (Fsp3) is 0.447. The van der Waals surface area contributed by atoms with E-state index in [1.54, 1.807) is 12.4 Å². The molecule has 4 rings (SSSR count). The zero-order chi connectivity index (χ0) is 38.4. The van der Waals surface area contributed by atoms with Gasteiger partial charge in [-0.15, -0.1) is 0 Å². The van der Waals surface area contributed by atoms with Crippen LogP contribution >= 0.6 is 0 Å². The van der Waals surface area contributed by atoms with Crippen LogP contribution < -0.4 is 26.0 Å². The van der Waals surface area contributed by atoms with Crippen LogP contribution in [0.15, 0.2) is 79.1 Å². The monoisotopic (exact) mass is 917 g/mol. The topological polar surface area (TPSA) is 231 Å². The summed E-state index contributed by atoms with van der Waals surface area (Å²) in [5.41, 5.74) is 2.84. The van der Waals surface area contributed by atoms with Crippen molar-refractivity contribution in [3.8, 4) is 0 Å². The molecule has 3 heterocycles. The second-order valence-corrected chi connectivity index (χ2v) is 12.7. The van der Waals surface area contributed by atoms with E-state index in [1.807, 2.05) is 66.7 Å². The second-order valence-electron chi connectivity index (χ2n) is 12.7. The average molecular weight is 918 g/mol. The van der Waals surface area contributed by atoms with Gasteiger partial charge >= 0.3 is 0 Å². The van der Waals surface area contributed by atoms with Crippen molar-refractivity contribution in [2.75, 3.05) is 19.6 Å². The van der Waals surface area contributed by atoms with E-state index in [4.69, 9.17) is 15.0 Å². The van der Waals surface area contributed by atoms with E-state index >= 15 is 0 Å². The number of nitrogens with zero attached hydrogens (tertiary/aromatic N) is 4. The predicted molar refractivity (Wildman–Crippen MR) is 187 cm³/mol. The van der Waals surface area contributed by atoms with Gasteiger partial charge in [-0.1, -0.05) is 42.5 Å². The first-order valence-electron chi connectivity index (χ1n) is 17.7. The van der Waals surface area contributed by atoms with E-state index in [2.05, 4.69) is 25.5 Å². The number of pyridine rings is 2. The SMILES string of the molecule is O=C(CCCN(Cc1ccccn1)Cc1ccccn1)NCCCC[C@H](N[C@@H](CCc1ccccc1)C(=O)[O-])C(=O)N1CCC[C@H]1C(=O)[O-].O=C([O-])O.[186Re]. The number of aromatic nitrogens is 2. The number of rotatable bonds is 21. The number of likely N-dealkylation sites (tertiary alicyclic amines) is 1. The Bertz CT molecular complexity index is 1530. The summed E-state index contributed by atoms with van der Waals surface area (Å²) in [4.78, 5) is 70.8. The first-order chi connectivity index (χ1) is 25.5. The number of aliphatic carboxylic acids is 2. The number of carboxylic acids is 2. The van der Waals surface area contributed by atoms with Gasteiger partial charge < -0.3 is 45.0 Å². The summed E-state index contributed by atoms with van der Waals surface area (Å²) in [6.07, 6.45) is 5.29. The maximum absolute atomic E-state index is 13.5. The minimum Gasteiger partial charge on any atom is -0.565 e. The third-order valence-corrected chi connectivity index (χ3v) is 8.70. The molecule has 3 N–H and O–H groups in total. The average Bonchev–Trinajstić information content (AvgIpc) is 3.64. The van der Waals surface area contributed by atoms with Crippen molar-refractivity contribution in [2.45, 2.75) is 89.0 Å². The van der Waals surface area contributed by atoms with Crippen LogP contribution in [-0.2, 0) is 59.1 Å². The molecule has 1 fully saturated rings. The predicted octanol–water partition coefficient (Wildman–Crippen LogP) is -0.119. The zero-order valence-electron chi connectivity index (χ0n) is 30.0. The van der Waals surface area contributed by atoms with Gasteiger partial charge in [0.25, 0.3) is 0 Å². The van der Waals surface area contributed by atoms with E-state index in [-0.39, 0.29) is 45.7 Å². The molecule has 1 aromatic carbocycles. The number of hydrogen-bond donors (Lipinski definition) is 3. The van der Waals surface area contributed by atoms with Gasteiger partial charge in [-0.2, -0.15) is 0 Å². The normalized spacial score (nSPS) is 14.5. The van der Waals surface area contributed by atoms with E-state index in [1.165, 1.54) is 4.90 Å². The Balaban J connectivity index is 0.00000192. The van der Waals surface area contributed by atoms with E-state index in [9.17, 15) is 29.4 Å². The fourth-order valence-electron chi connectivity index (χ4n) is 6.13. The number of hydrogen-bond acceptors (Lipinski definition) is 12. The van der Waals surface area contributed by atoms with Crippen LogP contribution in [-0.4, -0.2) is 92.5 Å². The molecule has 3 aromatic rings. The van der Waals surface area contributed by atoms with Gasteiger partial charge in [-0.05, 0) is 87.7 Å². The molecule has 16 heteroatoms. The molecule has 1 aliphatic heterocycles. The van der Waals surface area contributed by atoms with Gasteiger partial charge in [0.2, 0.25) is 18.0 Å². The van der Waals surface area contributed by atoms with Gasteiger partial charge in [0.05, 0.1) is 35.4 Å². The number of amides is 2. The smallest absolute Gasteiger partial charge is 0.249 e. The second kappa shape index (κ2) is 25.3. The standard InChI is InChI=1S/C37H48N6O6.CH2O3.Re/c44-34(18-11-24-42(26-29-14-4-7-21-38-29)27-30-15-5-8-22-39-30)40-23-9-6-16-31(35(45)43-25-10-17-33(43)37(48)49)41-32(36(46)47)20-19-28-12-2-1-3-13-28;2-1(3)4;/h1-5,7-8,12-15,21-22,31-33,41H,6,9-11,16-20,23-27H2,(H,40,44)(H,46,47)(H,48,49);(H2,2,3,4);/p-3/t31-,32-,33-;;/m0../s1/i;;1+0. The van der Waals surface area contributed by atoms with Gasteiger partial charge in [0.1, 0.15) is 0 Å². The van der Waals surface area contributed by atoms with Crippen LogP contribution in [0, 0.1) is 0 Å². The van der Waals surface area contributed by atoms with E-state index in [0.717, 1.165) is 17.0 Å².